The molecule has 150 valence electrons. The molecule has 3 rings (SSSR count). The van der Waals surface area contributed by atoms with Gasteiger partial charge in [-0.2, -0.15) is 0 Å². The van der Waals surface area contributed by atoms with Crippen molar-refractivity contribution in [3.05, 3.63) is 29.8 Å². The molecule has 0 aromatic heterocycles. The maximum absolute atomic E-state index is 12.5. The normalized spacial score (nSPS) is 17.7. The van der Waals surface area contributed by atoms with Gasteiger partial charge < -0.3 is 15.4 Å². The monoisotopic (exact) mass is 387 g/mol. The summed E-state index contributed by atoms with van der Waals surface area (Å²) in [6.07, 6.45) is 3.53. The van der Waals surface area contributed by atoms with Gasteiger partial charge in [0.15, 0.2) is 6.61 Å². The summed E-state index contributed by atoms with van der Waals surface area (Å²) in [6.45, 7) is 1.66. The fourth-order valence-electron chi connectivity index (χ4n) is 3.70. The molecule has 1 aromatic carbocycles. The standard InChI is InChI=1S/C20H25N3O5/c1-14-7-2-3-8-15(14)21-16(24)13-28-17(25)9-6-12-23-18(26)20(22-19(23)27)10-4-5-11-20/h2-3,7-8H,4-6,9-13H2,1H3,(H,21,24)(H,22,27). The second-order valence-corrected chi connectivity index (χ2v) is 7.30. The summed E-state index contributed by atoms with van der Waals surface area (Å²) < 4.78 is 4.97. The topological polar surface area (TPSA) is 105 Å². The van der Waals surface area contributed by atoms with E-state index in [4.69, 9.17) is 4.74 Å². The third-order valence-corrected chi connectivity index (χ3v) is 5.25. The molecule has 2 fully saturated rings. The van der Waals surface area contributed by atoms with Crippen molar-refractivity contribution in [3.63, 3.8) is 0 Å². The van der Waals surface area contributed by atoms with Crippen molar-refractivity contribution in [1.29, 1.82) is 0 Å². The quantitative estimate of drug-likeness (QED) is 0.551. The van der Waals surface area contributed by atoms with E-state index in [1.165, 1.54) is 4.90 Å². The van der Waals surface area contributed by atoms with Crippen LogP contribution in [0.3, 0.4) is 0 Å². The molecule has 0 atom stereocenters. The Labute approximate surface area is 163 Å². The van der Waals surface area contributed by atoms with Gasteiger partial charge in [0.25, 0.3) is 11.8 Å². The average molecular weight is 387 g/mol. The Balaban J connectivity index is 1.38. The third-order valence-electron chi connectivity index (χ3n) is 5.25. The van der Waals surface area contributed by atoms with Crippen LogP contribution < -0.4 is 10.6 Å². The number of amides is 4. The van der Waals surface area contributed by atoms with Crippen LogP contribution in [0, 0.1) is 6.92 Å². The number of benzene rings is 1. The number of anilines is 1. The van der Waals surface area contributed by atoms with Gasteiger partial charge >= 0.3 is 12.0 Å². The maximum atomic E-state index is 12.5. The number of urea groups is 1. The van der Waals surface area contributed by atoms with Gasteiger partial charge in [0.05, 0.1) is 0 Å². The predicted molar refractivity (Wildman–Crippen MR) is 101 cm³/mol. The number of nitrogens with zero attached hydrogens (tertiary/aromatic N) is 1. The summed E-state index contributed by atoms with van der Waals surface area (Å²) in [6, 6.07) is 6.92. The summed E-state index contributed by atoms with van der Waals surface area (Å²) >= 11 is 0. The van der Waals surface area contributed by atoms with Crippen LogP contribution in [0.5, 0.6) is 0 Å². The predicted octanol–water partition coefficient (Wildman–Crippen LogP) is 2.12. The summed E-state index contributed by atoms with van der Waals surface area (Å²) in [7, 11) is 0. The molecular weight excluding hydrogens is 362 g/mol. The van der Waals surface area contributed by atoms with Crippen molar-refractivity contribution in [2.45, 2.75) is 51.0 Å². The van der Waals surface area contributed by atoms with Gasteiger partial charge in [-0.3, -0.25) is 19.3 Å². The Bertz CT molecular complexity index is 786. The fourth-order valence-corrected chi connectivity index (χ4v) is 3.70. The van der Waals surface area contributed by atoms with Crippen LogP contribution in [0.15, 0.2) is 24.3 Å². The Morgan fingerprint density at radius 1 is 1.21 bits per heavy atom. The number of hydrogen-bond donors (Lipinski definition) is 2. The van der Waals surface area contributed by atoms with Crippen LogP contribution in [0.4, 0.5) is 10.5 Å². The van der Waals surface area contributed by atoms with Gasteiger partial charge in [-0.25, -0.2) is 4.79 Å². The highest BCUT2D eigenvalue weighted by Crippen LogP contribution is 2.35. The Hall–Kier alpha value is -2.90. The summed E-state index contributed by atoms with van der Waals surface area (Å²) in [5, 5.41) is 5.49. The van der Waals surface area contributed by atoms with E-state index in [0.29, 0.717) is 24.9 Å². The van der Waals surface area contributed by atoms with Gasteiger partial charge in [0.1, 0.15) is 5.54 Å². The number of rotatable bonds is 7. The van der Waals surface area contributed by atoms with Gasteiger partial charge in [-0.15, -0.1) is 0 Å². The summed E-state index contributed by atoms with van der Waals surface area (Å²) in [5.41, 5.74) is 0.851. The van der Waals surface area contributed by atoms with E-state index in [-0.39, 0.29) is 25.5 Å². The molecular formula is C20H25N3O5. The highest BCUT2D eigenvalue weighted by Gasteiger charge is 2.52. The van der Waals surface area contributed by atoms with E-state index in [2.05, 4.69) is 10.6 Å². The van der Waals surface area contributed by atoms with Crippen LogP contribution >= 0.6 is 0 Å². The number of hydrogen-bond acceptors (Lipinski definition) is 5. The van der Waals surface area contributed by atoms with Gasteiger partial charge in [-0.1, -0.05) is 31.0 Å². The van der Waals surface area contributed by atoms with Crippen molar-refractivity contribution >= 4 is 29.5 Å². The molecule has 1 saturated heterocycles. The molecule has 1 spiro atoms. The molecule has 8 nitrogen and oxygen atoms in total. The van der Waals surface area contributed by atoms with Crippen LogP contribution in [-0.2, 0) is 19.1 Å². The van der Waals surface area contributed by atoms with Crippen molar-refractivity contribution in [1.82, 2.24) is 10.2 Å². The minimum atomic E-state index is -0.731. The fraction of sp³-hybridized carbons (Fsp3) is 0.500. The van der Waals surface area contributed by atoms with Gasteiger partial charge in [-0.05, 0) is 37.8 Å². The smallest absolute Gasteiger partial charge is 0.325 e. The first-order valence-corrected chi connectivity index (χ1v) is 9.56. The molecule has 1 heterocycles. The first-order chi connectivity index (χ1) is 13.4. The van der Waals surface area contributed by atoms with E-state index in [9.17, 15) is 19.2 Å². The molecule has 4 amide bonds. The number of carbonyl (C=O) groups excluding carboxylic acids is 4. The highest BCUT2D eigenvalue weighted by molar-refractivity contribution is 6.07. The molecule has 8 heteroatoms. The van der Waals surface area contributed by atoms with Crippen molar-refractivity contribution in [3.8, 4) is 0 Å². The second-order valence-electron chi connectivity index (χ2n) is 7.30. The third kappa shape index (κ3) is 4.32. The molecule has 1 aromatic rings. The van der Waals surface area contributed by atoms with Crippen LogP contribution in [0.25, 0.3) is 0 Å². The lowest BCUT2D eigenvalue weighted by molar-refractivity contribution is -0.147. The number of imide groups is 1. The number of para-hydroxylation sites is 1. The molecule has 28 heavy (non-hydrogen) atoms. The second kappa shape index (κ2) is 8.41. The minimum absolute atomic E-state index is 0.0295. The first-order valence-electron chi connectivity index (χ1n) is 9.56. The summed E-state index contributed by atoms with van der Waals surface area (Å²) in [4.78, 5) is 49.5. The zero-order valence-corrected chi connectivity index (χ0v) is 16.0. The lowest BCUT2D eigenvalue weighted by atomic mass is 9.98. The van der Waals surface area contributed by atoms with Gasteiger partial charge in [0, 0.05) is 18.7 Å². The molecule has 1 saturated carbocycles. The Morgan fingerprint density at radius 2 is 1.93 bits per heavy atom. The molecule has 0 bridgehead atoms. The van der Waals surface area contributed by atoms with Crippen LogP contribution in [-0.4, -0.2) is 47.4 Å². The van der Waals surface area contributed by atoms with Crippen LogP contribution in [0.2, 0.25) is 0 Å². The largest absolute Gasteiger partial charge is 0.456 e. The number of carbonyl (C=O) groups is 4. The molecule has 1 aliphatic carbocycles. The number of ether oxygens (including phenoxy) is 1. The van der Waals surface area contributed by atoms with Gasteiger partial charge in [0.2, 0.25) is 0 Å². The van der Waals surface area contributed by atoms with Crippen molar-refractivity contribution < 1.29 is 23.9 Å². The Morgan fingerprint density at radius 3 is 2.64 bits per heavy atom. The van der Waals surface area contributed by atoms with E-state index < -0.39 is 23.4 Å². The number of nitrogens with one attached hydrogen (secondary N) is 2. The Kier molecular flexibility index (Phi) is 5.96. The molecule has 0 unspecified atom stereocenters. The number of esters is 1. The van der Waals surface area contributed by atoms with Crippen molar-refractivity contribution in [2.24, 2.45) is 0 Å². The van der Waals surface area contributed by atoms with E-state index >= 15 is 0 Å². The maximum Gasteiger partial charge on any atom is 0.325 e. The van der Waals surface area contributed by atoms with Crippen LogP contribution in [0.1, 0.15) is 44.1 Å². The first kappa shape index (κ1) is 19.9. The average Bonchev–Trinajstić information content (AvgIpc) is 3.22. The highest BCUT2D eigenvalue weighted by atomic mass is 16.5. The molecule has 0 radical (unpaired) electrons. The summed E-state index contributed by atoms with van der Waals surface area (Å²) in [5.74, 6) is -1.15. The molecule has 2 N–H and O–H groups in total. The molecule has 1 aliphatic heterocycles. The molecule has 2 aliphatic rings. The lowest BCUT2D eigenvalue weighted by Crippen LogP contribution is -2.44. The minimum Gasteiger partial charge on any atom is -0.456 e. The SMILES string of the molecule is Cc1ccccc1NC(=O)COC(=O)CCCN1C(=O)NC2(CCCC2)C1=O. The zero-order valence-electron chi connectivity index (χ0n) is 16.0. The van der Waals surface area contributed by atoms with Crippen molar-refractivity contribution in [2.75, 3.05) is 18.5 Å². The van der Waals surface area contributed by atoms with E-state index in [1.807, 2.05) is 19.1 Å². The zero-order chi connectivity index (χ0) is 20.1. The van der Waals surface area contributed by atoms with E-state index in [1.54, 1.807) is 12.1 Å². The number of aryl methyl sites for hydroxylation is 1. The van der Waals surface area contributed by atoms with E-state index in [0.717, 1.165) is 18.4 Å². The lowest BCUT2D eigenvalue weighted by Gasteiger charge is -2.19.